The summed E-state index contributed by atoms with van der Waals surface area (Å²) < 4.78 is 32.6. The van der Waals surface area contributed by atoms with Gasteiger partial charge in [-0.15, -0.1) is 0 Å². The SMILES string of the molecule is CCOC(=O)C1=Cc2ccccc2/C1=C/NS(=O)(=O)c1ccc(C)cc1. The van der Waals surface area contributed by atoms with Crippen molar-refractivity contribution in [2.24, 2.45) is 0 Å². The number of esters is 1. The van der Waals surface area contributed by atoms with E-state index in [1.165, 1.54) is 6.20 Å². The molecule has 0 fully saturated rings. The van der Waals surface area contributed by atoms with Crippen molar-refractivity contribution in [1.29, 1.82) is 0 Å². The summed E-state index contributed by atoms with van der Waals surface area (Å²) >= 11 is 0. The lowest BCUT2D eigenvalue weighted by Gasteiger charge is -2.09. The van der Waals surface area contributed by atoms with Gasteiger partial charge in [-0.05, 0) is 43.2 Å². The van der Waals surface area contributed by atoms with Crippen molar-refractivity contribution in [2.45, 2.75) is 18.7 Å². The standard InChI is InChI=1S/C20H19NO4S/c1-3-25-20(22)18-12-15-6-4-5-7-17(15)19(18)13-21-26(23,24)16-10-8-14(2)9-11-16/h4-13,21H,3H2,1-2H3/b19-13-. The molecule has 134 valence electrons. The van der Waals surface area contributed by atoms with Crippen LogP contribution >= 0.6 is 0 Å². The quantitative estimate of drug-likeness (QED) is 0.821. The number of hydrogen-bond donors (Lipinski definition) is 1. The fraction of sp³-hybridized carbons (Fsp3) is 0.150. The molecule has 0 spiro atoms. The lowest BCUT2D eigenvalue weighted by atomic mass is 10.0. The molecule has 0 aromatic heterocycles. The summed E-state index contributed by atoms with van der Waals surface area (Å²) in [4.78, 5) is 12.4. The largest absolute Gasteiger partial charge is 0.462 e. The third-order valence-electron chi connectivity index (χ3n) is 4.03. The molecule has 0 saturated heterocycles. The minimum atomic E-state index is -3.73. The van der Waals surface area contributed by atoms with Crippen molar-refractivity contribution in [3.8, 4) is 0 Å². The van der Waals surface area contributed by atoms with Gasteiger partial charge < -0.3 is 4.74 Å². The van der Waals surface area contributed by atoms with E-state index in [0.29, 0.717) is 11.1 Å². The van der Waals surface area contributed by atoms with E-state index in [9.17, 15) is 13.2 Å². The highest BCUT2D eigenvalue weighted by molar-refractivity contribution is 7.89. The molecule has 5 nitrogen and oxygen atoms in total. The van der Waals surface area contributed by atoms with Gasteiger partial charge in [0, 0.05) is 11.8 Å². The van der Waals surface area contributed by atoms with E-state index in [1.54, 1.807) is 37.3 Å². The van der Waals surface area contributed by atoms with Gasteiger partial charge in [-0.1, -0.05) is 42.0 Å². The lowest BCUT2D eigenvalue weighted by Crippen LogP contribution is -2.19. The van der Waals surface area contributed by atoms with Gasteiger partial charge in [0.05, 0.1) is 17.1 Å². The Kier molecular flexibility index (Phi) is 4.95. The van der Waals surface area contributed by atoms with E-state index >= 15 is 0 Å². The van der Waals surface area contributed by atoms with Crippen LogP contribution in [0.4, 0.5) is 0 Å². The smallest absolute Gasteiger partial charge is 0.338 e. The lowest BCUT2D eigenvalue weighted by molar-refractivity contribution is -0.137. The molecule has 0 unspecified atom stereocenters. The molecule has 0 radical (unpaired) electrons. The van der Waals surface area contributed by atoms with Crippen LogP contribution in [0, 0.1) is 6.92 Å². The van der Waals surface area contributed by atoms with Crippen LogP contribution in [0.1, 0.15) is 23.6 Å². The maximum atomic E-state index is 12.5. The summed E-state index contributed by atoms with van der Waals surface area (Å²) in [7, 11) is -3.73. The number of nitrogens with one attached hydrogen (secondary N) is 1. The minimum absolute atomic E-state index is 0.160. The Labute approximate surface area is 153 Å². The molecule has 0 amide bonds. The number of benzene rings is 2. The summed E-state index contributed by atoms with van der Waals surface area (Å²) in [6, 6.07) is 13.9. The number of aryl methyl sites for hydroxylation is 1. The van der Waals surface area contributed by atoms with Crippen LogP contribution in [0.15, 0.2) is 65.2 Å². The zero-order chi connectivity index (χ0) is 18.7. The Bertz CT molecular complexity index is 1000. The first kappa shape index (κ1) is 17.9. The van der Waals surface area contributed by atoms with E-state index in [0.717, 1.165) is 16.7 Å². The Morgan fingerprint density at radius 2 is 1.81 bits per heavy atom. The Morgan fingerprint density at radius 3 is 2.50 bits per heavy atom. The minimum Gasteiger partial charge on any atom is -0.462 e. The van der Waals surface area contributed by atoms with E-state index < -0.39 is 16.0 Å². The zero-order valence-electron chi connectivity index (χ0n) is 14.5. The number of sulfonamides is 1. The maximum Gasteiger partial charge on any atom is 0.338 e. The number of hydrogen-bond acceptors (Lipinski definition) is 4. The highest BCUT2D eigenvalue weighted by Crippen LogP contribution is 2.35. The van der Waals surface area contributed by atoms with E-state index in [2.05, 4.69) is 4.72 Å². The fourth-order valence-electron chi connectivity index (χ4n) is 2.70. The van der Waals surface area contributed by atoms with Crippen molar-refractivity contribution in [3.05, 3.63) is 77.0 Å². The van der Waals surface area contributed by atoms with Gasteiger partial charge in [0.25, 0.3) is 10.0 Å². The Balaban J connectivity index is 1.96. The van der Waals surface area contributed by atoms with Crippen molar-refractivity contribution < 1.29 is 17.9 Å². The van der Waals surface area contributed by atoms with E-state index in [1.807, 2.05) is 31.2 Å². The van der Waals surface area contributed by atoms with Gasteiger partial charge in [0.2, 0.25) is 0 Å². The van der Waals surface area contributed by atoms with Crippen LogP contribution in [0.25, 0.3) is 11.6 Å². The fourth-order valence-corrected chi connectivity index (χ4v) is 3.61. The molecule has 26 heavy (non-hydrogen) atoms. The number of ether oxygens (including phenoxy) is 1. The summed E-state index contributed by atoms with van der Waals surface area (Å²) in [5.41, 5.74) is 3.42. The Morgan fingerprint density at radius 1 is 1.12 bits per heavy atom. The van der Waals surface area contributed by atoms with Crippen molar-refractivity contribution in [2.75, 3.05) is 6.61 Å². The molecule has 2 aromatic rings. The van der Waals surface area contributed by atoms with Gasteiger partial charge in [-0.3, -0.25) is 4.72 Å². The van der Waals surface area contributed by atoms with Crippen LogP contribution in [0.2, 0.25) is 0 Å². The van der Waals surface area contributed by atoms with Crippen LogP contribution < -0.4 is 4.72 Å². The van der Waals surface area contributed by atoms with Crippen molar-refractivity contribution in [1.82, 2.24) is 4.72 Å². The number of carbonyl (C=O) groups is 1. The summed E-state index contributed by atoms with van der Waals surface area (Å²) in [5, 5.41) is 0. The molecular weight excluding hydrogens is 350 g/mol. The van der Waals surface area contributed by atoms with Crippen LogP contribution in [-0.2, 0) is 19.6 Å². The third-order valence-corrected chi connectivity index (χ3v) is 5.35. The Hall–Kier alpha value is -2.86. The average Bonchev–Trinajstić information content (AvgIpc) is 2.99. The number of fused-ring (bicyclic) bond motifs is 1. The van der Waals surface area contributed by atoms with Crippen molar-refractivity contribution >= 4 is 27.6 Å². The molecule has 0 atom stereocenters. The summed E-state index contributed by atoms with van der Waals surface area (Å²) in [6.45, 7) is 3.86. The first-order valence-electron chi connectivity index (χ1n) is 8.20. The average molecular weight is 369 g/mol. The van der Waals surface area contributed by atoms with Crippen LogP contribution in [0.5, 0.6) is 0 Å². The van der Waals surface area contributed by atoms with E-state index in [4.69, 9.17) is 4.74 Å². The van der Waals surface area contributed by atoms with Gasteiger partial charge in [0.15, 0.2) is 0 Å². The first-order valence-corrected chi connectivity index (χ1v) is 9.68. The van der Waals surface area contributed by atoms with Crippen LogP contribution in [-0.4, -0.2) is 21.0 Å². The second kappa shape index (κ2) is 7.17. The maximum absolute atomic E-state index is 12.5. The monoisotopic (exact) mass is 369 g/mol. The predicted octanol–water partition coefficient (Wildman–Crippen LogP) is 3.27. The first-order chi connectivity index (χ1) is 12.4. The van der Waals surface area contributed by atoms with Crippen LogP contribution in [0.3, 0.4) is 0 Å². The molecule has 1 N–H and O–H groups in total. The molecule has 1 aliphatic rings. The third kappa shape index (κ3) is 3.55. The molecular formula is C20H19NO4S. The highest BCUT2D eigenvalue weighted by Gasteiger charge is 2.25. The van der Waals surface area contributed by atoms with Gasteiger partial charge >= 0.3 is 5.97 Å². The van der Waals surface area contributed by atoms with Gasteiger partial charge in [0.1, 0.15) is 0 Å². The molecule has 1 aliphatic carbocycles. The molecule has 0 heterocycles. The van der Waals surface area contributed by atoms with Gasteiger partial charge in [-0.25, -0.2) is 13.2 Å². The predicted molar refractivity (Wildman–Crippen MR) is 101 cm³/mol. The second-order valence-electron chi connectivity index (χ2n) is 5.86. The van der Waals surface area contributed by atoms with E-state index in [-0.39, 0.29) is 11.5 Å². The zero-order valence-corrected chi connectivity index (χ0v) is 15.3. The number of carbonyl (C=O) groups excluding carboxylic acids is 1. The second-order valence-corrected chi connectivity index (χ2v) is 7.57. The molecule has 6 heteroatoms. The summed E-state index contributed by atoms with van der Waals surface area (Å²) in [5.74, 6) is -0.482. The molecule has 2 aromatic carbocycles. The number of rotatable bonds is 5. The normalized spacial score (nSPS) is 14.7. The molecule has 3 rings (SSSR count). The molecule has 0 saturated carbocycles. The molecule has 0 bridgehead atoms. The summed E-state index contributed by atoms with van der Waals surface area (Å²) in [6.07, 6.45) is 3.06. The highest BCUT2D eigenvalue weighted by atomic mass is 32.2. The van der Waals surface area contributed by atoms with Crippen molar-refractivity contribution in [3.63, 3.8) is 0 Å². The van der Waals surface area contributed by atoms with Gasteiger partial charge in [-0.2, -0.15) is 0 Å². The molecule has 0 aliphatic heterocycles. The topological polar surface area (TPSA) is 72.5 Å².